The topological polar surface area (TPSA) is 105 Å². The third-order valence-corrected chi connectivity index (χ3v) is 5.81. The highest BCUT2D eigenvalue weighted by atomic mass is 16.5. The Morgan fingerprint density at radius 1 is 0.868 bits per heavy atom. The van der Waals surface area contributed by atoms with Crippen molar-refractivity contribution in [2.45, 2.75) is 65.8 Å². The van der Waals surface area contributed by atoms with E-state index in [-0.39, 0.29) is 11.7 Å². The number of phenolic OH excluding ortho intramolecular Hbond substituents is 1. The molecule has 8 nitrogen and oxygen atoms in total. The van der Waals surface area contributed by atoms with E-state index < -0.39 is 0 Å². The molecule has 0 heterocycles. The monoisotopic (exact) mass is 526 g/mol. The molecule has 2 rings (SSSR count). The van der Waals surface area contributed by atoms with Crippen molar-refractivity contribution in [3.63, 3.8) is 0 Å². The molecule has 0 aliphatic heterocycles. The summed E-state index contributed by atoms with van der Waals surface area (Å²) in [5.41, 5.74) is 2.65. The Morgan fingerprint density at radius 3 is 2.24 bits per heavy atom. The Morgan fingerprint density at radius 2 is 1.55 bits per heavy atom. The van der Waals surface area contributed by atoms with E-state index >= 15 is 0 Å². The first-order valence-electron chi connectivity index (χ1n) is 13.9. The summed E-state index contributed by atoms with van der Waals surface area (Å²) in [6.07, 6.45) is 4.79. The minimum absolute atomic E-state index is 0.0831. The van der Waals surface area contributed by atoms with Crippen molar-refractivity contribution < 1.29 is 19.4 Å². The molecule has 8 heteroatoms. The van der Waals surface area contributed by atoms with Gasteiger partial charge in [0.15, 0.2) is 0 Å². The Kier molecular flexibility index (Phi) is 15.2. The van der Waals surface area contributed by atoms with Gasteiger partial charge in [-0.15, -0.1) is 5.11 Å². The zero-order valence-electron chi connectivity index (χ0n) is 23.5. The van der Waals surface area contributed by atoms with Gasteiger partial charge >= 0.3 is 0 Å². The van der Waals surface area contributed by atoms with Crippen LogP contribution in [0.3, 0.4) is 0 Å². The number of carbonyl (C=O) groups is 1. The third-order valence-electron chi connectivity index (χ3n) is 5.81. The van der Waals surface area contributed by atoms with Crippen molar-refractivity contribution in [2.75, 3.05) is 39.5 Å². The maximum absolute atomic E-state index is 12.4. The lowest BCUT2D eigenvalue weighted by molar-refractivity contribution is 0.0786. The molecule has 0 aromatic heterocycles. The summed E-state index contributed by atoms with van der Waals surface area (Å²) < 4.78 is 11.2. The molecule has 0 aliphatic rings. The summed E-state index contributed by atoms with van der Waals surface area (Å²) in [6.45, 7) is 12.9. The molecule has 0 unspecified atom stereocenters. The number of carbonyl (C=O) groups excluding carboxylic acids is 1. The van der Waals surface area contributed by atoms with Crippen LogP contribution >= 0.6 is 0 Å². The first-order chi connectivity index (χ1) is 18.3. The molecule has 0 saturated carbocycles. The molecule has 0 bridgehead atoms. The minimum Gasteiger partial charge on any atom is -0.506 e. The van der Waals surface area contributed by atoms with E-state index in [9.17, 15) is 9.90 Å². The van der Waals surface area contributed by atoms with Crippen molar-refractivity contribution in [1.29, 1.82) is 0 Å². The van der Waals surface area contributed by atoms with E-state index in [0.29, 0.717) is 42.7 Å². The van der Waals surface area contributed by atoms with Crippen molar-refractivity contribution in [3.05, 3.63) is 53.6 Å². The lowest BCUT2D eigenvalue weighted by Gasteiger charge is -2.08. The van der Waals surface area contributed by atoms with E-state index in [1.54, 1.807) is 30.3 Å². The van der Waals surface area contributed by atoms with Crippen LogP contribution in [0.5, 0.6) is 5.75 Å². The lowest BCUT2D eigenvalue weighted by Crippen LogP contribution is -2.25. The highest BCUT2D eigenvalue weighted by Gasteiger charge is 2.06. The van der Waals surface area contributed by atoms with Gasteiger partial charge in [-0.1, -0.05) is 33.8 Å². The van der Waals surface area contributed by atoms with Crippen LogP contribution in [0.25, 0.3) is 0 Å². The predicted octanol–water partition coefficient (Wildman–Crippen LogP) is 6.33. The van der Waals surface area contributed by atoms with Gasteiger partial charge in [0.05, 0.1) is 5.69 Å². The Labute approximate surface area is 228 Å². The van der Waals surface area contributed by atoms with Gasteiger partial charge in [0.25, 0.3) is 5.91 Å². The zero-order chi connectivity index (χ0) is 27.6. The van der Waals surface area contributed by atoms with Gasteiger partial charge in [-0.2, -0.15) is 5.11 Å². The number of azo groups is 1. The fourth-order valence-corrected chi connectivity index (χ4v) is 3.64. The number of phenols is 1. The van der Waals surface area contributed by atoms with Crippen LogP contribution in [-0.2, 0) is 15.9 Å². The molecule has 0 radical (unpaired) electrons. The van der Waals surface area contributed by atoms with E-state index in [1.807, 2.05) is 12.1 Å². The van der Waals surface area contributed by atoms with Gasteiger partial charge < -0.3 is 25.2 Å². The number of rotatable bonds is 19. The number of aromatic hydroxyl groups is 1. The molecule has 2 aromatic rings. The molecule has 38 heavy (non-hydrogen) atoms. The van der Waals surface area contributed by atoms with Crippen molar-refractivity contribution in [2.24, 2.45) is 16.1 Å². The van der Waals surface area contributed by atoms with Crippen LogP contribution in [0, 0.1) is 5.92 Å². The zero-order valence-corrected chi connectivity index (χ0v) is 23.5. The average Bonchev–Trinajstić information content (AvgIpc) is 2.89. The third kappa shape index (κ3) is 13.7. The van der Waals surface area contributed by atoms with Gasteiger partial charge in [-0.3, -0.25) is 4.79 Å². The standard InChI is InChI=1S/C30H46N4O4/c1-23(2)8-5-18-37-20-7-21-38-19-6-16-32-30(36)26-10-12-27(13-11-26)33-34-28-22-25(9-14-29(28)35)15-17-31-24(3)4/h9-14,22-24,31,35H,5-8,15-21H2,1-4H3,(H,32,36). The second-order valence-electron chi connectivity index (χ2n) is 10.2. The first-order valence-corrected chi connectivity index (χ1v) is 13.9. The molecule has 0 fully saturated rings. The van der Waals surface area contributed by atoms with Crippen LogP contribution in [0.1, 0.15) is 69.3 Å². The molecule has 210 valence electrons. The summed E-state index contributed by atoms with van der Waals surface area (Å²) in [4.78, 5) is 12.4. The lowest BCUT2D eigenvalue weighted by atomic mass is 10.1. The number of benzene rings is 2. The summed E-state index contributed by atoms with van der Waals surface area (Å²) in [5, 5.41) is 24.8. The highest BCUT2D eigenvalue weighted by molar-refractivity contribution is 5.94. The number of hydrogen-bond donors (Lipinski definition) is 3. The average molecular weight is 527 g/mol. The van der Waals surface area contributed by atoms with E-state index in [1.165, 1.54) is 6.42 Å². The van der Waals surface area contributed by atoms with Crippen LogP contribution in [0.15, 0.2) is 52.7 Å². The molecule has 2 aromatic carbocycles. The Balaban J connectivity index is 1.64. The Hall–Kier alpha value is -2.81. The maximum Gasteiger partial charge on any atom is 0.251 e. The number of nitrogens with one attached hydrogen (secondary N) is 2. The molecule has 0 aliphatic carbocycles. The minimum atomic E-state index is -0.136. The molecule has 0 spiro atoms. The van der Waals surface area contributed by atoms with Crippen LogP contribution in [0.2, 0.25) is 0 Å². The van der Waals surface area contributed by atoms with Gasteiger partial charge in [-0.05, 0) is 86.5 Å². The number of ether oxygens (including phenoxy) is 2. The van der Waals surface area contributed by atoms with Crippen LogP contribution < -0.4 is 10.6 Å². The predicted molar refractivity (Wildman–Crippen MR) is 153 cm³/mol. The molecule has 0 atom stereocenters. The second kappa shape index (κ2) is 18.4. The number of amides is 1. The summed E-state index contributed by atoms with van der Waals surface area (Å²) in [6, 6.07) is 12.7. The molecule has 0 saturated heterocycles. The summed E-state index contributed by atoms with van der Waals surface area (Å²) >= 11 is 0. The highest BCUT2D eigenvalue weighted by Crippen LogP contribution is 2.29. The molecular formula is C30H46N4O4. The van der Waals surface area contributed by atoms with Crippen molar-refractivity contribution >= 4 is 17.3 Å². The molecular weight excluding hydrogens is 480 g/mol. The fourth-order valence-electron chi connectivity index (χ4n) is 3.64. The smallest absolute Gasteiger partial charge is 0.251 e. The van der Waals surface area contributed by atoms with Gasteiger partial charge in [0.2, 0.25) is 0 Å². The molecule has 3 N–H and O–H groups in total. The van der Waals surface area contributed by atoms with Crippen molar-refractivity contribution in [3.8, 4) is 5.75 Å². The van der Waals surface area contributed by atoms with E-state index in [2.05, 4.69) is 48.6 Å². The van der Waals surface area contributed by atoms with E-state index in [4.69, 9.17) is 9.47 Å². The summed E-state index contributed by atoms with van der Waals surface area (Å²) in [7, 11) is 0. The first kappa shape index (κ1) is 31.4. The SMILES string of the molecule is CC(C)CCCOCCCOCCCNC(=O)c1ccc(N=Nc2cc(CCNC(C)C)ccc2O)cc1. The van der Waals surface area contributed by atoms with Crippen LogP contribution in [-0.4, -0.2) is 56.6 Å². The van der Waals surface area contributed by atoms with E-state index in [0.717, 1.165) is 56.9 Å². The van der Waals surface area contributed by atoms with Gasteiger partial charge in [0.1, 0.15) is 11.4 Å². The van der Waals surface area contributed by atoms with Gasteiger partial charge in [-0.25, -0.2) is 0 Å². The largest absolute Gasteiger partial charge is 0.506 e. The number of hydrogen-bond acceptors (Lipinski definition) is 7. The maximum atomic E-state index is 12.4. The second-order valence-corrected chi connectivity index (χ2v) is 10.2. The van der Waals surface area contributed by atoms with Crippen molar-refractivity contribution in [1.82, 2.24) is 10.6 Å². The van der Waals surface area contributed by atoms with Gasteiger partial charge in [0, 0.05) is 44.6 Å². The Bertz CT molecular complexity index is 961. The van der Waals surface area contributed by atoms with Crippen LogP contribution in [0.4, 0.5) is 11.4 Å². The summed E-state index contributed by atoms with van der Waals surface area (Å²) in [5.74, 6) is 0.675. The normalized spacial score (nSPS) is 11.6. The fraction of sp³-hybridized carbons (Fsp3) is 0.567. The molecule has 1 amide bonds. The number of nitrogens with zero attached hydrogens (tertiary/aromatic N) is 2. The quantitative estimate of drug-likeness (QED) is 0.147.